The third-order valence-corrected chi connectivity index (χ3v) is 4.04. The maximum Gasteiger partial charge on any atom is 0.265 e. The van der Waals surface area contributed by atoms with Gasteiger partial charge in [0.25, 0.3) is 10.1 Å². The molecule has 122 valence electrons. The molecule has 0 saturated heterocycles. The summed E-state index contributed by atoms with van der Waals surface area (Å²) >= 11 is 0. The van der Waals surface area contributed by atoms with Gasteiger partial charge < -0.3 is 0 Å². The largest absolute Gasteiger partial charge is 0.286 e. The fourth-order valence-electron chi connectivity index (χ4n) is 2.14. The van der Waals surface area contributed by atoms with Crippen LogP contribution in [0, 0.1) is 0 Å². The molecule has 0 aliphatic rings. The van der Waals surface area contributed by atoms with Gasteiger partial charge in [-0.2, -0.15) is 18.1 Å². The number of nitrogens with one attached hydrogen (secondary N) is 1. The zero-order valence-electron chi connectivity index (χ0n) is 12.9. The average molecular weight is 334 g/mol. The van der Waals surface area contributed by atoms with Gasteiger partial charge in [0.05, 0.1) is 11.4 Å². The molecule has 1 heterocycles. The lowest BCUT2D eigenvalue weighted by Crippen LogP contribution is -2.40. The number of pyridine rings is 1. The van der Waals surface area contributed by atoms with Gasteiger partial charge in [-0.3, -0.25) is 9.98 Å². The molecule has 7 heteroatoms. The number of hydrazone groups is 1. The Kier molecular flexibility index (Phi) is 5.84. The summed E-state index contributed by atoms with van der Waals surface area (Å²) in [6, 6.07) is 15.3. The molecule has 0 spiro atoms. The Labute approximate surface area is 136 Å². The summed E-state index contributed by atoms with van der Waals surface area (Å²) in [5.74, 6) is -0.257. The van der Waals surface area contributed by atoms with Crippen molar-refractivity contribution in [3.8, 4) is 0 Å². The highest BCUT2D eigenvalue weighted by Gasteiger charge is 2.14. The van der Waals surface area contributed by atoms with E-state index in [0.717, 1.165) is 17.1 Å². The van der Waals surface area contributed by atoms with Crippen molar-refractivity contribution in [2.24, 2.45) is 5.10 Å². The van der Waals surface area contributed by atoms with Crippen LogP contribution in [0.3, 0.4) is 0 Å². The van der Waals surface area contributed by atoms with Gasteiger partial charge in [-0.05, 0) is 25.1 Å². The second kappa shape index (κ2) is 7.85. The molecule has 6 nitrogen and oxygen atoms in total. The summed E-state index contributed by atoms with van der Waals surface area (Å²) in [5, 5.41) is 4.36. The van der Waals surface area contributed by atoms with E-state index in [1.54, 1.807) is 0 Å². The van der Waals surface area contributed by atoms with Gasteiger partial charge in [-0.1, -0.05) is 18.2 Å². The minimum atomic E-state index is -3.93. The second-order valence-corrected chi connectivity index (χ2v) is 6.67. The third-order valence-electron chi connectivity index (χ3n) is 3.24. The Hall–Kier alpha value is -2.25. The fourth-order valence-corrected chi connectivity index (χ4v) is 2.63. The highest BCUT2D eigenvalue weighted by Crippen LogP contribution is 2.05. The molecular formula is C16H20N3O3S+. The van der Waals surface area contributed by atoms with Crippen LogP contribution in [0.4, 0.5) is 5.69 Å². The van der Waals surface area contributed by atoms with Crippen LogP contribution in [-0.4, -0.2) is 24.4 Å². The normalized spacial score (nSPS) is 12.2. The van der Waals surface area contributed by atoms with Crippen molar-refractivity contribution >= 4 is 21.5 Å². The van der Waals surface area contributed by atoms with Gasteiger partial charge in [0.15, 0.2) is 6.20 Å². The van der Waals surface area contributed by atoms with E-state index in [0.29, 0.717) is 13.0 Å². The van der Waals surface area contributed by atoms with E-state index in [9.17, 15) is 8.42 Å². The van der Waals surface area contributed by atoms with Crippen molar-refractivity contribution in [1.29, 1.82) is 0 Å². The van der Waals surface area contributed by atoms with E-state index in [-0.39, 0.29) is 5.75 Å². The molecule has 0 bridgehead atoms. The lowest BCUT2D eigenvalue weighted by Gasteiger charge is -2.04. The number of para-hydroxylation sites is 1. The quantitative estimate of drug-likeness (QED) is 0.351. The third kappa shape index (κ3) is 5.80. The van der Waals surface area contributed by atoms with Crippen molar-refractivity contribution < 1.29 is 17.5 Å². The molecule has 1 aromatic carbocycles. The molecule has 2 aromatic rings. The van der Waals surface area contributed by atoms with E-state index >= 15 is 0 Å². The van der Waals surface area contributed by atoms with Crippen molar-refractivity contribution in [3.63, 3.8) is 0 Å². The fraction of sp³-hybridized carbons (Fsp3) is 0.250. The number of nitrogens with zero attached hydrogens (tertiary/aromatic N) is 2. The number of anilines is 1. The summed E-state index contributed by atoms with van der Waals surface area (Å²) in [4.78, 5) is 0. The van der Waals surface area contributed by atoms with Crippen molar-refractivity contribution in [2.75, 3.05) is 11.2 Å². The number of hydrogen-bond acceptors (Lipinski definition) is 4. The first-order valence-electron chi connectivity index (χ1n) is 7.25. The van der Waals surface area contributed by atoms with Crippen LogP contribution in [0.15, 0.2) is 59.8 Å². The van der Waals surface area contributed by atoms with E-state index in [1.807, 2.05) is 66.2 Å². The van der Waals surface area contributed by atoms with Gasteiger partial charge in [0, 0.05) is 18.6 Å². The van der Waals surface area contributed by atoms with Crippen molar-refractivity contribution in [1.82, 2.24) is 0 Å². The number of aryl methyl sites for hydroxylation is 1. The summed E-state index contributed by atoms with van der Waals surface area (Å²) < 4.78 is 32.4. The number of hydrogen-bond donors (Lipinski definition) is 2. The summed E-state index contributed by atoms with van der Waals surface area (Å²) in [7, 11) is -3.93. The molecule has 0 fully saturated rings. The Balaban J connectivity index is 2.09. The smallest absolute Gasteiger partial charge is 0.265 e. The lowest BCUT2D eigenvalue weighted by atomic mass is 10.2. The van der Waals surface area contributed by atoms with Crippen molar-refractivity contribution in [3.05, 3.63) is 60.4 Å². The number of benzene rings is 1. The molecule has 0 saturated carbocycles. The van der Waals surface area contributed by atoms with E-state index in [4.69, 9.17) is 4.55 Å². The van der Waals surface area contributed by atoms with E-state index < -0.39 is 10.1 Å². The van der Waals surface area contributed by atoms with Crippen molar-refractivity contribution in [2.45, 2.75) is 19.9 Å². The highest BCUT2D eigenvalue weighted by atomic mass is 32.2. The minimum Gasteiger partial charge on any atom is -0.286 e. The predicted molar refractivity (Wildman–Crippen MR) is 89.9 cm³/mol. The minimum absolute atomic E-state index is 0.257. The number of aromatic nitrogens is 1. The van der Waals surface area contributed by atoms with Gasteiger partial charge in [-0.15, -0.1) is 0 Å². The lowest BCUT2D eigenvalue weighted by molar-refractivity contribution is -0.698. The monoisotopic (exact) mass is 334 g/mol. The Morgan fingerprint density at radius 2 is 1.87 bits per heavy atom. The van der Waals surface area contributed by atoms with Gasteiger partial charge >= 0.3 is 0 Å². The van der Waals surface area contributed by atoms with Crippen LogP contribution < -0.4 is 9.99 Å². The highest BCUT2D eigenvalue weighted by molar-refractivity contribution is 7.85. The SMILES string of the molecule is CC(=NNc1ccccc1)c1cccc[n+]1CCCS(=O)(=O)O. The molecular weight excluding hydrogens is 314 g/mol. The second-order valence-electron chi connectivity index (χ2n) is 5.09. The van der Waals surface area contributed by atoms with Crippen LogP contribution in [0.25, 0.3) is 0 Å². The topological polar surface area (TPSA) is 82.6 Å². The van der Waals surface area contributed by atoms with E-state index in [2.05, 4.69) is 10.5 Å². The first-order valence-corrected chi connectivity index (χ1v) is 8.86. The van der Waals surface area contributed by atoms with Crippen LogP contribution in [0.2, 0.25) is 0 Å². The predicted octanol–water partition coefficient (Wildman–Crippen LogP) is 2.09. The Morgan fingerprint density at radius 3 is 2.57 bits per heavy atom. The molecule has 0 aliphatic carbocycles. The molecule has 2 N–H and O–H groups in total. The summed E-state index contributed by atoms with van der Waals surface area (Å²) in [5.41, 5.74) is 5.54. The Bertz CT molecular complexity index is 774. The van der Waals surface area contributed by atoms with Gasteiger partial charge in [0.2, 0.25) is 5.69 Å². The van der Waals surface area contributed by atoms with Crippen LogP contribution in [0.1, 0.15) is 19.0 Å². The molecule has 2 rings (SSSR count). The zero-order chi connectivity index (χ0) is 16.7. The number of rotatable bonds is 7. The first-order chi connectivity index (χ1) is 11.0. The molecule has 0 radical (unpaired) electrons. The maximum atomic E-state index is 10.8. The average Bonchev–Trinajstić information content (AvgIpc) is 2.53. The van der Waals surface area contributed by atoms with Crippen LogP contribution >= 0.6 is 0 Å². The van der Waals surface area contributed by atoms with Crippen LogP contribution in [-0.2, 0) is 16.7 Å². The van der Waals surface area contributed by atoms with Crippen LogP contribution in [0.5, 0.6) is 0 Å². The molecule has 23 heavy (non-hydrogen) atoms. The van der Waals surface area contributed by atoms with Gasteiger partial charge in [-0.25, -0.2) is 0 Å². The molecule has 0 unspecified atom stereocenters. The van der Waals surface area contributed by atoms with Gasteiger partial charge in [0.1, 0.15) is 12.3 Å². The zero-order valence-corrected chi connectivity index (χ0v) is 13.7. The summed E-state index contributed by atoms with van der Waals surface area (Å²) in [6.45, 7) is 2.36. The standard InChI is InChI=1S/C16H19N3O3S/c1-14(17-18-15-8-3-2-4-9-15)16-10-5-6-11-19(16)12-7-13-23(20,21)22/h2-6,8-11H,7,12-13H2,1H3,(H,20,21,22)/p+1. The van der Waals surface area contributed by atoms with E-state index in [1.165, 1.54) is 0 Å². The molecule has 0 amide bonds. The molecule has 0 atom stereocenters. The molecule has 0 aliphatic heterocycles. The Morgan fingerprint density at radius 1 is 1.17 bits per heavy atom. The maximum absolute atomic E-state index is 10.8. The first kappa shape index (κ1) is 17.1. The molecule has 1 aromatic heterocycles. The summed E-state index contributed by atoms with van der Waals surface area (Å²) in [6.07, 6.45) is 2.20.